The second-order valence-electron chi connectivity index (χ2n) is 5.98. The molecule has 0 saturated carbocycles. The molecular formula is C17H23NO4. The number of carboxylic acids is 1. The number of amides is 1. The van der Waals surface area contributed by atoms with Crippen molar-refractivity contribution in [2.45, 2.75) is 45.6 Å². The molecule has 1 aromatic rings. The molecule has 0 aliphatic heterocycles. The number of carboxylic acid groups (broad SMARTS) is 1. The zero-order valence-corrected chi connectivity index (χ0v) is 13.3. The second-order valence-corrected chi connectivity index (χ2v) is 5.98. The molecule has 1 rings (SSSR count). The highest BCUT2D eigenvalue weighted by molar-refractivity contribution is 5.98. The number of benzene rings is 1. The Hall–Kier alpha value is -2.17. The number of carbonyl (C=O) groups excluding carboxylic acids is 2. The molecule has 5 nitrogen and oxygen atoms in total. The van der Waals surface area contributed by atoms with Crippen LogP contribution >= 0.6 is 0 Å². The van der Waals surface area contributed by atoms with Crippen molar-refractivity contribution in [1.82, 2.24) is 5.32 Å². The summed E-state index contributed by atoms with van der Waals surface area (Å²) >= 11 is 0. The standard InChI is InChI=1S/C17H23NO4/c1-12(2)17(3,11-16(21)22)18-15(20)10-9-14(19)13-7-5-4-6-8-13/h4-8,12H,9-11H2,1-3H3,(H,18,20)(H,21,22). The fourth-order valence-electron chi connectivity index (χ4n) is 2.08. The summed E-state index contributed by atoms with van der Waals surface area (Å²) in [6, 6.07) is 8.79. The van der Waals surface area contributed by atoms with E-state index in [9.17, 15) is 14.4 Å². The Morgan fingerprint density at radius 3 is 2.23 bits per heavy atom. The van der Waals surface area contributed by atoms with Crippen LogP contribution in [0, 0.1) is 5.92 Å². The Balaban J connectivity index is 2.58. The van der Waals surface area contributed by atoms with E-state index in [0.717, 1.165) is 0 Å². The zero-order chi connectivity index (χ0) is 16.8. The monoisotopic (exact) mass is 305 g/mol. The maximum atomic E-state index is 12.0. The van der Waals surface area contributed by atoms with Crippen LogP contribution in [0.2, 0.25) is 0 Å². The van der Waals surface area contributed by atoms with Crippen LogP contribution < -0.4 is 5.32 Å². The Bertz CT molecular complexity index is 539. The lowest BCUT2D eigenvalue weighted by molar-refractivity contribution is -0.139. The number of carbonyl (C=O) groups is 3. The molecule has 2 N–H and O–H groups in total. The first kappa shape index (κ1) is 17.9. The van der Waals surface area contributed by atoms with Gasteiger partial charge in [0, 0.05) is 23.9 Å². The zero-order valence-electron chi connectivity index (χ0n) is 13.3. The summed E-state index contributed by atoms with van der Waals surface area (Å²) in [4.78, 5) is 34.9. The van der Waals surface area contributed by atoms with Gasteiger partial charge < -0.3 is 10.4 Å². The third-order valence-corrected chi connectivity index (χ3v) is 3.89. The molecule has 0 heterocycles. The molecule has 0 aliphatic rings. The van der Waals surface area contributed by atoms with Gasteiger partial charge in [0.05, 0.1) is 6.42 Å². The van der Waals surface area contributed by atoms with Crippen molar-refractivity contribution in [1.29, 1.82) is 0 Å². The van der Waals surface area contributed by atoms with Gasteiger partial charge in [-0.2, -0.15) is 0 Å². The quantitative estimate of drug-likeness (QED) is 0.723. The minimum Gasteiger partial charge on any atom is -0.481 e. The molecule has 120 valence electrons. The van der Waals surface area contributed by atoms with Crippen LogP contribution in [-0.4, -0.2) is 28.3 Å². The number of ketones is 1. The maximum Gasteiger partial charge on any atom is 0.305 e. The second kappa shape index (κ2) is 7.73. The topological polar surface area (TPSA) is 83.5 Å². The molecule has 0 aliphatic carbocycles. The smallest absolute Gasteiger partial charge is 0.305 e. The van der Waals surface area contributed by atoms with Crippen LogP contribution in [0.1, 0.15) is 50.4 Å². The first-order valence-corrected chi connectivity index (χ1v) is 7.35. The molecule has 0 spiro atoms. The van der Waals surface area contributed by atoms with Gasteiger partial charge in [0.1, 0.15) is 0 Å². The first-order valence-electron chi connectivity index (χ1n) is 7.35. The van der Waals surface area contributed by atoms with Gasteiger partial charge in [-0.25, -0.2) is 0 Å². The van der Waals surface area contributed by atoms with Gasteiger partial charge in [-0.3, -0.25) is 14.4 Å². The summed E-state index contributed by atoms with van der Waals surface area (Å²) in [6.45, 7) is 5.43. The minimum atomic E-state index is -0.961. The van der Waals surface area contributed by atoms with Gasteiger partial charge in [-0.15, -0.1) is 0 Å². The van der Waals surface area contributed by atoms with Gasteiger partial charge in [-0.1, -0.05) is 44.2 Å². The van der Waals surface area contributed by atoms with E-state index in [1.807, 2.05) is 19.9 Å². The van der Waals surface area contributed by atoms with Crippen LogP contribution in [0.4, 0.5) is 0 Å². The lowest BCUT2D eigenvalue weighted by Gasteiger charge is -2.33. The number of nitrogens with one attached hydrogen (secondary N) is 1. The third kappa shape index (κ3) is 5.31. The van der Waals surface area contributed by atoms with E-state index in [4.69, 9.17) is 5.11 Å². The predicted octanol–water partition coefficient (Wildman–Crippen LogP) is 2.66. The number of Topliss-reactive ketones (excluding diaryl/α,β-unsaturated/α-hetero) is 1. The van der Waals surface area contributed by atoms with Crippen LogP contribution in [-0.2, 0) is 9.59 Å². The maximum absolute atomic E-state index is 12.0. The molecule has 0 bridgehead atoms. The summed E-state index contributed by atoms with van der Waals surface area (Å²) in [5, 5.41) is 11.7. The van der Waals surface area contributed by atoms with Gasteiger partial charge >= 0.3 is 5.97 Å². The van der Waals surface area contributed by atoms with Gasteiger partial charge in [0.25, 0.3) is 0 Å². The molecule has 5 heteroatoms. The lowest BCUT2D eigenvalue weighted by Crippen LogP contribution is -2.51. The highest BCUT2D eigenvalue weighted by Crippen LogP contribution is 2.21. The van der Waals surface area contributed by atoms with Crippen molar-refractivity contribution < 1.29 is 19.5 Å². The fraction of sp³-hybridized carbons (Fsp3) is 0.471. The molecule has 22 heavy (non-hydrogen) atoms. The van der Waals surface area contributed by atoms with Gasteiger partial charge in [-0.05, 0) is 12.8 Å². The Morgan fingerprint density at radius 1 is 1.14 bits per heavy atom. The van der Waals surface area contributed by atoms with E-state index in [1.165, 1.54) is 0 Å². The van der Waals surface area contributed by atoms with E-state index >= 15 is 0 Å². The third-order valence-electron chi connectivity index (χ3n) is 3.89. The van der Waals surface area contributed by atoms with E-state index in [0.29, 0.717) is 5.56 Å². The number of rotatable bonds is 8. The van der Waals surface area contributed by atoms with Crippen molar-refractivity contribution in [3.05, 3.63) is 35.9 Å². The van der Waals surface area contributed by atoms with Crippen molar-refractivity contribution in [2.24, 2.45) is 5.92 Å². The highest BCUT2D eigenvalue weighted by Gasteiger charge is 2.32. The molecular weight excluding hydrogens is 282 g/mol. The summed E-state index contributed by atoms with van der Waals surface area (Å²) in [7, 11) is 0. The average molecular weight is 305 g/mol. The van der Waals surface area contributed by atoms with Crippen LogP contribution in [0.25, 0.3) is 0 Å². The lowest BCUT2D eigenvalue weighted by atomic mass is 9.85. The van der Waals surface area contributed by atoms with Gasteiger partial charge in [0.15, 0.2) is 5.78 Å². The molecule has 0 radical (unpaired) electrons. The molecule has 0 fully saturated rings. The SMILES string of the molecule is CC(C)C(C)(CC(=O)O)NC(=O)CCC(=O)c1ccccc1. The van der Waals surface area contributed by atoms with Crippen LogP contribution in [0.5, 0.6) is 0 Å². The van der Waals surface area contributed by atoms with E-state index < -0.39 is 11.5 Å². The van der Waals surface area contributed by atoms with Crippen molar-refractivity contribution >= 4 is 17.7 Å². The van der Waals surface area contributed by atoms with Gasteiger partial charge in [0.2, 0.25) is 5.91 Å². The molecule has 1 aromatic carbocycles. The molecule has 1 atom stereocenters. The molecule has 1 unspecified atom stereocenters. The predicted molar refractivity (Wildman–Crippen MR) is 83.6 cm³/mol. The fourth-order valence-corrected chi connectivity index (χ4v) is 2.08. The van der Waals surface area contributed by atoms with Crippen molar-refractivity contribution in [3.8, 4) is 0 Å². The highest BCUT2D eigenvalue weighted by atomic mass is 16.4. The molecule has 0 aromatic heterocycles. The average Bonchev–Trinajstić information content (AvgIpc) is 2.44. The van der Waals surface area contributed by atoms with E-state index in [-0.39, 0.29) is 36.9 Å². The Morgan fingerprint density at radius 2 is 1.73 bits per heavy atom. The minimum absolute atomic E-state index is 0.0302. The summed E-state index contributed by atoms with van der Waals surface area (Å²) in [5.41, 5.74) is -0.244. The largest absolute Gasteiger partial charge is 0.481 e. The van der Waals surface area contributed by atoms with E-state index in [1.54, 1.807) is 31.2 Å². The van der Waals surface area contributed by atoms with Crippen LogP contribution in [0.3, 0.4) is 0 Å². The Kier molecular flexibility index (Phi) is 6.28. The first-order chi connectivity index (χ1) is 10.2. The molecule has 0 saturated heterocycles. The van der Waals surface area contributed by atoms with Crippen molar-refractivity contribution in [2.75, 3.05) is 0 Å². The Labute approximate surface area is 130 Å². The summed E-state index contributed by atoms with van der Waals surface area (Å²) in [5.74, 6) is -1.39. The number of hydrogen-bond donors (Lipinski definition) is 2. The number of aliphatic carboxylic acids is 1. The van der Waals surface area contributed by atoms with Crippen LogP contribution in [0.15, 0.2) is 30.3 Å². The molecule has 1 amide bonds. The van der Waals surface area contributed by atoms with Crippen molar-refractivity contribution in [3.63, 3.8) is 0 Å². The summed E-state index contributed by atoms with van der Waals surface area (Å²) in [6.07, 6.45) is 0.00971. The van der Waals surface area contributed by atoms with E-state index in [2.05, 4.69) is 5.32 Å². The normalized spacial score (nSPS) is 13.5. The summed E-state index contributed by atoms with van der Waals surface area (Å²) < 4.78 is 0. The number of hydrogen-bond acceptors (Lipinski definition) is 3.